The van der Waals surface area contributed by atoms with Crippen molar-refractivity contribution in [2.45, 2.75) is 31.1 Å². The minimum atomic E-state index is -0.0204. The first-order valence-corrected chi connectivity index (χ1v) is 11.3. The van der Waals surface area contributed by atoms with Gasteiger partial charge < -0.3 is 19.9 Å². The van der Waals surface area contributed by atoms with E-state index >= 15 is 0 Å². The number of nitrogens with zero attached hydrogens (tertiary/aromatic N) is 4. The fourth-order valence-corrected chi connectivity index (χ4v) is 5.33. The number of carbonyl (C=O) groups excluding carboxylic acids is 1. The Balaban J connectivity index is 1.59. The van der Waals surface area contributed by atoms with Crippen molar-refractivity contribution in [3.05, 3.63) is 54.5 Å². The minimum absolute atomic E-state index is 0.0204. The van der Waals surface area contributed by atoms with Gasteiger partial charge >= 0.3 is 0 Å². The van der Waals surface area contributed by atoms with Crippen LogP contribution in [0.2, 0.25) is 0 Å². The number of amides is 1. The zero-order chi connectivity index (χ0) is 22.2. The van der Waals surface area contributed by atoms with E-state index in [1.807, 2.05) is 11.9 Å². The van der Waals surface area contributed by atoms with Crippen LogP contribution in [0.3, 0.4) is 0 Å². The number of ether oxygens (including phenoxy) is 1. The lowest BCUT2D eigenvalue weighted by molar-refractivity contribution is -0.125. The zero-order valence-electron chi connectivity index (χ0n) is 18.5. The van der Waals surface area contributed by atoms with Crippen molar-refractivity contribution in [1.82, 2.24) is 19.4 Å². The van der Waals surface area contributed by atoms with Crippen molar-refractivity contribution in [2.75, 3.05) is 32.0 Å². The molecule has 1 atom stereocenters. The van der Waals surface area contributed by atoms with Gasteiger partial charge in [-0.05, 0) is 42.4 Å². The van der Waals surface area contributed by atoms with E-state index in [0.29, 0.717) is 18.3 Å². The highest BCUT2D eigenvalue weighted by molar-refractivity contribution is 6.02. The third kappa shape index (κ3) is 3.46. The number of rotatable bonds is 4. The number of benzene rings is 1. The SMILES string of the molecule is C=CC(=O)N1CC[C@@H](c2c(-c3ccc(C4CCOCC4)cc3)c3c(N)ncnc3n2C)C1. The lowest BCUT2D eigenvalue weighted by Crippen LogP contribution is -2.26. The molecule has 7 nitrogen and oxygen atoms in total. The van der Waals surface area contributed by atoms with E-state index in [2.05, 4.69) is 45.4 Å². The van der Waals surface area contributed by atoms with Crippen molar-refractivity contribution < 1.29 is 9.53 Å². The number of aryl methyl sites for hydroxylation is 1. The molecule has 0 saturated carbocycles. The maximum atomic E-state index is 12.2. The number of likely N-dealkylation sites (tertiary alicyclic amines) is 1. The number of anilines is 1. The lowest BCUT2D eigenvalue weighted by Gasteiger charge is -2.22. The predicted molar refractivity (Wildman–Crippen MR) is 125 cm³/mol. The Labute approximate surface area is 187 Å². The Kier molecular flexibility index (Phi) is 5.43. The van der Waals surface area contributed by atoms with Crippen LogP contribution >= 0.6 is 0 Å². The van der Waals surface area contributed by atoms with Crippen LogP contribution < -0.4 is 5.73 Å². The molecule has 2 fully saturated rings. The Morgan fingerprint density at radius 3 is 2.62 bits per heavy atom. The van der Waals surface area contributed by atoms with Gasteiger partial charge in [-0.25, -0.2) is 9.97 Å². The highest BCUT2D eigenvalue weighted by Crippen LogP contribution is 2.42. The largest absolute Gasteiger partial charge is 0.383 e. The van der Waals surface area contributed by atoms with Crippen molar-refractivity contribution >= 4 is 22.8 Å². The van der Waals surface area contributed by atoms with Gasteiger partial charge in [-0.15, -0.1) is 0 Å². The first-order valence-electron chi connectivity index (χ1n) is 11.3. The molecule has 1 aromatic carbocycles. The number of fused-ring (bicyclic) bond motifs is 1. The molecular formula is C25H29N5O2. The normalized spacial score (nSPS) is 19.5. The zero-order valence-corrected chi connectivity index (χ0v) is 18.5. The molecule has 32 heavy (non-hydrogen) atoms. The van der Waals surface area contributed by atoms with Crippen LogP contribution in [0.5, 0.6) is 0 Å². The maximum absolute atomic E-state index is 12.2. The number of hydrogen-bond acceptors (Lipinski definition) is 5. The molecule has 7 heteroatoms. The molecule has 0 aliphatic carbocycles. The molecule has 1 amide bonds. The molecule has 4 heterocycles. The molecular weight excluding hydrogens is 402 g/mol. The second-order valence-corrected chi connectivity index (χ2v) is 8.76. The molecule has 0 bridgehead atoms. The van der Waals surface area contributed by atoms with Gasteiger partial charge in [-0.1, -0.05) is 30.8 Å². The summed E-state index contributed by atoms with van der Waals surface area (Å²) in [6.07, 6.45) is 5.93. The van der Waals surface area contributed by atoms with Gasteiger partial charge in [0.05, 0.1) is 5.39 Å². The molecule has 2 N–H and O–H groups in total. The van der Waals surface area contributed by atoms with E-state index in [4.69, 9.17) is 10.5 Å². The van der Waals surface area contributed by atoms with E-state index in [1.54, 1.807) is 0 Å². The van der Waals surface area contributed by atoms with Gasteiger partial charge in [-0.3, -0.25) is 4.79 Å². The minimum Gasteiger partial charge on any atom is -0.383 e. The maximum Gasteiger partial charge on any atom is 0.245 e. The Bertz CT molecular complexity index is 1160. The Morgan fingerprint density at radius 2 is 1.91 bits per heavy atom. The monoisotopic (exact) mass is 431 g/mol. The van der Waals surface area contributed by atoms with Crippen molar-refractivity contribution in [3.63, 3.8) is 0 Å². The molecule has 0 unspecified atom stereocenters. The average molecular weight is 432 g/mol. The van der Waals surface area contributed by atoms with E-state index in [1.165, 1.54) is 18.0 Å². The Morgan fingerprint density at radius 1 is 1.16 bits per heavy atom. The predicted octanol–water partition coefficient (Wildman–Crippen LogP) is 3.61. The fourth-order valence-electron chi connectivity index (χ4n) is 5.33. The van der Waals surface area contributed by atoms with E-state index in [0.717, 1.165) is 66.9 Å². The third-order valence-electron chi connectivity index (χ3n) is 7.00. The lowest BCUT2D eigenvalue weighted by atomic mass is 9.89. The quantitative estimate of drug-likeness (QED) is 0.638. The topological polar surface area (TPSA) is 86.3 Å². The van der Waals surface area contributed by atoms with Crippen molar-refractivity contribution in [1.29, 1.82) is 0 Å². The van der Waals surface area contributed by atoms with Crippen LogP contribution in [-0.2, 0) is 16.6 Å². The van der Waals surface area contributed by atoms with Gasteiger partial charge in [0.1, 0.15) is 17.8 Å². The van der Waals surface area contributed by atoms with Crippen LogP contribution in [0.25, 0.3) is 22.2 Å². The summed E-state index contributed by atoms with van der Waals surface area (Å²) in [6.45, 7) is 6.68. The van der Waals surface area contributed by atoms with Crippen LogP contribution in [0.1, 0.15) is 42.4 Å². The van der Waals surface area contributed by atoms with Gasteiger partial charge in [-0.2, -0.15) is 0 Å². The van der Waals surface area contributed by atoms with Crippen molar-refractivity contribution in [2.24, 2.45) is 7.05 Å². The van der Waals surface area contributed by atoms with Gasteiger partial charge in [0.2, 0.25) is 5.91 Å². The average Bonchev–Trinajstić information content (AvgIpc) is 3.43. The summed E-state index contributed by atoms with van der Waals surface area (Å²) in [5, 5.41) is 0.886. The standard InChI is InChI=1S/C25H29N5O2/c1-3-20(31)30-11-8-19(14-30)23-21(22-24(26)27-15-28-25(22)29(23)2)18-6-4-16(5-7-18)17-9-12-32-13-10-17/h3-7,15,17,19H,1,8-14H2,2H3,(H2,26,27,28)/t19-/m1/s1. The summed E-state index contributed by atoms with van der Waals surface area (Å²) in [4.78, 5) is 22.9. The second-order valence-electron chi connectivity index (χ2n) is 8.76. The van der Waals surface area contributed by atoms with E-state index < -0.39 is 0 Å². The summed E-state index contributed by atoms with van der Waals surface area (Å²) in [5.74, 6) is 1.21. The third-order valence-corrected chi connectivity index (χ3v) is 7.00. The van der Waals surface area contributed by atoms with Gasteiger partial charge in [0.25, 0.3) is 0 Å². The van der Waals surface area contributed by atoms with Crippen LogP contribution in [0.15, 0.2) is 43.2 Å². The molecule has 166 valence electrons. The molecule has 0 radical (unpaired) electrons. The molecule has 2 aliphatic heterocycles. The van der Waals surface area contributed by atoms with Gasteiger partial charge in [0.15, 0.2) is 0 Å². The smallest absolute Gasteiger partial charge is 0.245 e. The summed E-state index contributed by atoms with van der Waals surface area (Å²) >= 11 is 0. The second kappa shape index (κ2) is 8.39. The molecule has 3 aromatic rings. The summed E-state index contributed by atoms with van der Waals surface area (Å²) in [7, 11) is 2.03. The van der Waals surface area contributed by atoms with Crippen LogP contribution in [0.4, 0.5) is 5.82 Å². The summed E-state index contributed by atoms with van der Waals surface area (Å²) < 4.78 is 7.65. The number of nitrogens with two attached hydrogens (primary N) is 1. The first-order chi connectivity index (χ1) is 15.6. The van der Waals surface area contributed by atoms with E-state index in [-0.39, 0.29) is 11.8 Å². The molecule has 5 rings (SSSR count). The Hall–Kier alpha value is -3.19. The van der Waals surface area contributed by atoms with Crippen LogP contribution in [-0.4, -0.2) is 51.6 Å². The molecule has 2 saturated heterocycles. The number of hydrogen-bond donors (Lipinski definition) is 1. The molecule has 2 aliphatic rings. The number of nitrogen functional groups attached to an aromatic ring is 1. The van der Waals surface area contributed by atoms with Gasteiger partial charge in [0, 0.05) is 50.5 Å². The van der Waals surface area contributed by atoms with E-state index in [9.17, 15) is 4.79 Å². The highest BCUT2D eigenvalue weighted by atomic mass is 16.5. The number of carbonyl (C=O) groups is 1. The summed E-state index contributed by atoms with van der Waals surface area (Å²) in [5.41, 5.74) is 11.9. The molecule has 0 spiro atoms. The van der Waals surface area contributed by atoms with Crippen LogP contribution in [0, 0.1) is 0 Å². The molecule has 2 aromatic heterocycles. The fraction of sp³-hybridized carbons (Fsp3) is 0.400. The van der Waals surface area contributed by atoms with Crippen molar-refractivity contribution in [3.8, 4) is 11.1 Å². The highest BCUT2D eigenvalue weighted by Gasteiger charge is 2.32. The number of aromatic nitrogens is 3. The first kappa shape index (κ1) is 20.7. The summed E-state index contributed by atoms with van der Waals surface area (Å²) in [6, 6.07) is 8.85.